The van der Waals surface area contributed by atoms with Gasteiger partial charge in [-0.2, -0.15) is 0 Å². The Kier molecular flexibility index (Phi) is 4.84. The second-order valence-electron chi connectivity index (χ2n) is 5.67. The molecule has 1 N–H and O–H groups in total. The molecule has 1 atom stereocenters. The molecule has 0 spiro atoms. The standard InChI is InChI=1S/C19H25N/c1-5-9-18(17-10-7-6-8-11-17)20-19-15(3)12-14(2)13-16(19)4/h6-8,10-13,18,20H,5,9H2,1-4H3. The summed E-state index contributed by atoms with van der Waals surface area (Å²) in [5, 5.41) is 3.76. The van der Waals surface area contributed by atoms with Crippen LogP contribution in [0.5, 0.6) is 0 Å². The van der Waals surface area contributed by atoms with Gasteiger partial charge in [-0.05, 0) is 43.9 Å². The largest absolute Gasteiger partial charge is 0.378 e. The summed E-state index contributed by atoms with van der Waals surface area (Å²) < 4.78 is 0. The van der Waals surface area contributed by atoms with Gasteiger partial charge in [-0.25, -0.2) is 0 Å². The second-order valence-corrected chi connectivity index (χ2v) is 5.67. The highest BCUT2D eigenvalue weighted by Crippen LogP contribution is 2.29. The third kappa shape index (κ3) is 3.41. The average molecular weight is 267 g/mol. The van der Waals surface area contributed by atoms with Gasteiger partial charge in [0.2, 0.25) is 0 Å². The topological polar surface area (TPSA) is 12.0 Å². The van der Waals surface area contributed by atoms with Gasteiger partial charge in [0.25, 0.3) is 0 Å². The minimum atomic E-state index is 0.390. The van der Waals surface area contributed by atoms with Crippen molar-refractivity contribution in [1.29, 1.82) is 0 Å². The van der Waals surface area contributed by atoms with Gasteiger partial charge in [0.05, 0.1) is 6.04 Å². The Hall–Kier alpha value is -1.76. The predicted molar refractivity (Wildman–Crippen MR) is 88.4 cm³/mol. The van der Waals surface area contributed by atoms with E-state index >= 15 is 0 Å². The molecule has 0 aromatic heterocycles. The van der Waals surface area contributed by atoms with E-state index in [1.165, 1.54) is 34.4 Å². The molecule has 0 bridgehead atoms. The van der Waals surface area contributed by atoms with Crippen LogP contribution in [-0.4, -0.2) is 0 Å². The highest BCUT2D eigenvalue weighted by Gasteiger charge is 2.12. The van der Waals surface area contributed by atoms with Gasteiger partial charge in [0, 0.05) is 5.69 Å². The van der Waals surface area contributed by atoms with Crippen molar-refractivity contribution in [2.45, 2.75) is 46.6 Å². The molecule has 0 amide bonds. The summed E-state index contributed by atoms with van der Waals surface area (Å²) in [4.78, 5) is 0. The van der Waals surface area contributed by atoms with Crippen molar-refractivity contribution < 1.29 is 0 Å². The Bertz CT molecular complexity index is 534. The monoisotopic (exact) mass is 267 g/mol. The maximum absolute atomic E-state index is 3.76. The summed E-state index contributed by atoms with van der Waals surface area (Å²) in [6.07, 6.45) is 2.33. The number of hydrogen-bond acceptors (Lipinski definition) is 1. The van der Waals surface area contributed by atoms with Crippen LogP contribution in [0.15, 0.2) is 42.5 Å². The van der Waals surface area contributed by atoms with Crippen molar-refractivity contribution in [2.75, 3.05) is 5.32 Å². The van der Waals surface area contributed by atoms with Crippen molar-refractivity contribution in [1.82, 2.24) is 0 Å². The van der Waals surface area contributed by atoms with Crippen LogP contribution in [0.4, 0.5) is 5.69 Å². The third-order valence-corrected chi connectivity index (χ3v) is 3.77. The Balaban J connectivity index is 2.30. The minimum absolute atomic E-state index is 0.390. The highest BCUT2D eigenvalue weighted by molar-refractivity contribution is 5.59. The van der Waals surface area contributed by atoms with E-state index in [1.807, 2.05) is 0 Å². The number of hydrogen-bond donors (Lipinski definition) is 1. The van der Waals surface area contributed by atoms with E-state index < -0.39 is 0 Å². The first kappa shape index (κ1) is 14.6. The van der Waals surface area contributed by atoms with Crippen LogP contribution in [-0.2, 0) is 0 Å². The molecular weight excluding hydrogens is 242 g/mol. The minimum Gasteiger partial charge on any atom is -0.378 e. The zero-order valence-electron chi connectivity index (χ0n) is 13.0. The molecule has 106 valence electrons. The van der Waals surface area contributed by atoms with Crippen LogP contribution >= 0.6 is 0 Å². The smallest absolute Gasteiger partial charge is 0.0513 e. The Morgan fingerprint density at radius 3 is 2.10 bits per heavy atom. The van der Waals surface area contributed by atoms with Gasteiger partial charge >= 0.3 is 0 Å². The maximum atomic E-state index is 3.76. The predicted octanol–water partition coefficient (Wildman–Crippen LogP) is 5.57. The van der Waals surface area contributed by atoms with E-state index in [-0.39, 0.29) is 0 Å². The molecule has 20 heavy (non-hydrogen) atoms. The molecule has 2 aromatic rings. The van der Waals surface area contributed by atoms with Crippen LogP contribution in [0.3, 0.4) is 0 Å². The van der Waals surface area contributed by atoms with E-state index in [9.17, 15) is 0 Å². The first-order chi connectivity index (χ1) is 9.61. The molecule has 0 heterocycles. The summed E-state index contributed by atoms with van der Waals surface area (Å²) in [5.74, 6) is 0. The van der Waals surface area contributed by atoms with E-state index in [0.717, 1.165) is 6.42 Å². The molecule has 0 saturated heterocycles. The van der Waals surface area contributed by atoms with Crippen LogP contribution < -0.4 is 5.32 Å². The normalized spacial score (nSPS) is 12.2. The molecular formula is C19H25N. The maximum Gasteiger partial charge on any atom is 0.0513 e. The third-order valence-electron chi connectivity index (χ3n) is 3.77. The fourth-order valence-electron chi connectivity index (χ4n) is 2.88. The number of anilines is 1. The fourth-order valence-corrected chi connectivity index (χ4v) is 2.88. The number of benzene rings is 2. The van der Waals surface area contributed by atoms with Crippen LogP contribution in [0.2, 0.25) is 0 Å². The first-order valence-electron chi connectivity index (χ1n) is 7.51. The van der Waals surface area contributed by atoms with Crippen molar-refractivity contribution in [3.8, 4) is 0 Å². The van der Waals surface area contributed by atoms with Gasteiger partial charge in [-0.3, -0.25) is 0 Å². The fraction of sp³-hybridized carbons (Fsp3) is 0.368. The number of rotatable bonds is 5. The number of aryl methyl sites for hydroxylation is 3. The lowest BCUT2D eigenvalue weighted by Gasteiger charge is -2.23. The molecule has 0 aliphatic carbocycles. The Morgan fingerprint density at radius 1 is 0.950 bits per heavy atom. The van der Waals surface area contributed by atoms with E-state index in [2.05, 4.69) is 75.5 Å². The molecule has 0 aliphatic rings. The lowest BCUT2D eigenvalue weighted by atomic mass is 9.99. The molecule has 0 aliphatic heterocycles. The van der Waals surface area contributed by atoms with E-state index in [1.54, 1.807) is 0 Å². The molecule has 0 radical (unpaired) electrons. The summed E-state index contributed by atoms with van der Waals surface area (Å²) in [6.45, 7) is 8.78. The lowest BCUT2D eigenvalue weighted by Crippen LogP contribution is -2.12. The Morgan fingerprint density at radius 2 is 1.55 bits per heavy atom. The summed E-state index contributed by atoms with van der Waals surface area (Å²) in [7, 11) is 0. The Labute approximate surface area is 123 Å². The lowest BCUT2D eigenvalue weighted by molar-refractivity contribution is 0.676. The SMILES string of the molecule is CCCC(Nc1c(C)cc(C)cc1C)c1ccccc1. The summed E-state index contributed by atoms with van der Waals surface area (Å²) in [6, 6.07) is 15.6. The molecule has 0 saturated carbocycles. The molecule has 2 aromatic carbocycles. The van der Waals surface area contributed by atoms with Gasteiger partial charge < -0.3 is 5.32 Å². The van der Waals surface area contributed by atoms with Crippen molar-refractivity contribution in [3.05, 3.63) is 64.7 Å². The molecule has 2 rings (SSSR count). The second kappa shape index (κ2) is 6.60. The summed E-state index contributed by atoms with van der Waals surface area (Å²) >= 11 is 0. The zero-order chi connectivity index (χ0) is 14.5. The van der Waals surface area contributed by atoms with Gasteiger partial charge in [0.15, 0.2) is 0 Å². The number of nitrogens with one attached hydrogen (secondary N) is 1. The molecule has 1 unspecified atom stereocenters. The van der Waals surface area contributed by atoms with Gasteiger partial charge in [-0.1, -0.05) is 61.4 Å². The van der Waals surface area contributed by atoms with Crippen LogP contribution in [0.1, 0.15) is 48.1 Å². The van der Waals surface area contributed by atoms with Gasteiger partial charge in [-0.15, -0.1) is 0 Å². The van der Waals surface area contributed by atoms with Crippen molar-refractivity contribution in [3.63, 3.8) is 0 Å². The summed E-state index contributed by atoms with van der Waals surface area (Å²) in [5.41, 5.74) is 6.66. The molecule has 1 heteroatoms. The van der Waals surface area contributed by atoms with E-state index in [0.29, 0.717) is 6.04 Å². The van der Waals surface area contributed by atoms with Crippen LogP contribution in [0, 0.1) is 20.8 Å². The average Bonchev–Trinajstić information content (AvgIpc) is 2.42. The molecule has 0 fully saturated rings. The molecule has 1 nitrogen and oxygen atoms in total. The highest BCUT2D eigenvalue weighted by atomic mass is 14.9. The quantitative estimate of drug-likeness (QED) is 0.747. The first-order valence-corrected chi connectivity index (χ1v) is 7.51. The van der Waals surface area contributed by atoms with Gasteiger partial charge in [0.1, 0.15) is 0 Å². The van der Waals surface area contributed by atoms with Crippen molar-refractivity contribution >= 4 is 5.69 Å². The van der Waals surface area contributed by atoms with Crippen molar-refractivity contribution in [2.24, 2.45) is 0 Å². The van der Waals surface area contributed by atoms with E-state index in [4.69, 9.17) is 0 Å². The zero-order valence-corrected chi connectivity index (χ0v) is 13.0. The van der Waals surface area contributed by atoms with Crippen LogP contribution in [0.25, 0.3) is 0 Å².